The normalized spacial score (nSPS) is 15.1. The van der Waals surface area contributed by atoms with Crippen LogP contribution in [-0.2, 0) is 23.9 Å². The van der Waals surface area contributed by atoms with E-state index in [2.05, 4.69) is 13.8 Å². The lowest BCUT2D eigenvalue weighted by molar-refractivity contribution is -0.148. The average Bonchev–Trinajstić information content (AvgIpc) is 3.03. The van der Waals surface area contributed by atoms with E-state index in [1.165, 1.54) is 70.6 Å². The summed E-state index contributed by atoms with van der Waals surface area (Å²) in [4.78, 5) is 35.7. The summed E-state index contributed by atoms with van der Waals surface area (Å²) in [6, 6.07) is 0. The first-order chi connectivity index (χ1) is 21.6. The third-order valence-electron chi connectivity index (χ3n) is 8.88. The van der Waals surface area contributed by atoms with Crippen molar-refractivity contribution in [3.8, 4) is 0 Å². The van der Waals surface area contributed by atoms with Crippen LogP contribution in [0.5, 0.6) is 0 Å². The fraction of sp³-hybridized carbons (Fsp3) is 0.919. The van der Waals surface area contributed by atoms with Gasteiger partial charge in [-0.1, -0.05) is 97.3 Å². The fourth-order valence-corrected chi connectivity index (χ4v) is 8.20. The SMILES string of the molecule is CCCCCCC(CSCCCCCC(=O)CCCCCSCC(CCCCCC)OC(=O)CCC1CCCCC1)OC=O. The van der Waals surface area contributed by atoms with Gasteiger partial charge < -0.3 is 9.47 Å². The molecule has 2 atom stereocenters. The molecule has 1 aliphatic rings. The van der Waals surface area contributed by atoms with Crippen molar-refractivity contribution in [1.82, 2.24) is 0 Å². The number of carbonyl (C=O) groups is 3. The molecule has 0 saturated heterocycles. The zero-order valence-corrected chi connectivity index (χ0v) is 30.3. The molecular weight excluding hydrogens is 589 g/mol. The highest BCUT2D eigenvalue weighted by Gasteiger charge is 2.18. The van der Waals surface area contributed by atoms with Crippen molar-refractivity contribution in [3.05, 3.63) is 0 Å². The van der Waals surface area contributed by atoms with E-state index in [4.69, 9.17) is 9.47 Å². The maximum Gasteiger partial charge on any atom is 0.306 e. The molecule has 44 heavy (non-hydrogen) atoms. The molecule has 0 aliphatic heterocycles. The summed E-state index contributed by atoms with van der Waals surface area (Å²) in [6.45, 7) is 5.03. The van der Waals surface area contributed by atoms with Gasteiger partial charge in [0, 0.05) is 30.8 Å². The van der Waals surface area contributed by atoms with E-state index >= 15 is 0 Å². The Morgan fingerprint density at radius 3 is 1.80 bits per heavy atom. The molecule has 2 unspecified atom stereocenters. The number of ketones is 1. The number of ether oxygens (including phenoxy) is 2. The van der Waals surface area contributed by atoms with Crippen LogP contribution in [0.4, 0.5) is 0 Å². The third kappa shape index (κ3) is 25.5. The molecule has 0 aromatic heterocycles. The molecule has 0 spiro atoms. The summed E-state index contributed by atoms with van der Waals surface area (Å²) in [5.41, 5.74) is 0. The largest absolute Gasteiger partial charge is 0.464 e. The van der Waals surface area contributed by atoms with Gasteiger partial charge in [0.15, 0.2) is 0 Å². The van der Waals surface area contributed by atoms with Gasteiger partial charge in [0.05, 0.1) is 0 Å². The second-order valence-corrected chi connectivity index (χ2v) is 15.3. The molecule has 1 saturated carbocycles. The van der Waals surface area contributed by atoms with Gasteiger partial charge in [-0.05, 0) is 75.2 Å². The molecular formula is C37H68O5S2. The zero-order valence-electron chi connectivity index (χ0n) is 28.7. The van der Waals surface area contributed by atoms with Crippen molar-refractivity contribution in [2.75, 3.05) is 23.0 Å². The Balaban J connectivity index is 2.06. The van der Waals surface area contributed by atoms with Gasteiger partial charge in [-0.15, -0.1) is 0 Å². The summed E-state index contributed by atoms with van der Waals surface area (Å²) in [5, 5.41) is 0. The molecule has 7 heteroatoms. The highest BCUT2D eigenvalue weighted by Crippen LogP contribution is 2.27. The molecule has 0 bridgehead atoms. The minimum atomic E-state index is 0.0138. The van der Waals surface area contributed by atoms with Gasteiger partial charge in [0.25, 0.3) is 6.47 Å². The van der Waals surface area contributed by atoms with Gasteiger partial charge in [0.1, 0.15) is 18.0 Å². The standard InChI is InChI=1S/C37H68O5S2/c1-3-5-7-16-24-35(41-32-38)30-43-28-18-10-14-22-34(39)23-15-11-19-29-44-31-36(25-17-8-6-4-2)42-37(40)27-26-33-20-12-9-13-21-33/h32-33,35-36H,3-31H2,1-2H3. The van der Waals surface area contributed by atoms with Crippen molar-refractivity contribution in [2.45, 2.75) is 187 Å². The number of hydrogen-bond donors (Lipinski definition) is 0. The smallest absolute Gasteiger partial charge is 0.306 e. The number of unbranched alkanes of at least 4 members (excludes halogenated alkanes) is 10. The lowest BCUT2D eigenvalue weighted by Crippen LogP contribution is -2.21. The summed E-state index contributed by atoms with van der Waals surface area (Å²) in [6.07, 6.45) is 27.7. The van der Waals surface area contributed by atoms with E-state index in [9.17, 15) is 14.4 Å². The van der Waals surface area contributed by atoms with Crippen molar-refractivity contribution < 1.29 is 23.9 Å². The van der Waals surface area contributed by atoms with Crippen LogP contribution in [-0.4, -0.2) is 53.4 Å². The lowest BCUT2D eigenvalue weighted by atomic mass is 9.86. The first-order valence-corrected chi connectivity index (χ1v) is 20.9. The van der Waals surface area contributed by atoms with Gasteiger partial charge in [-0.3, -0.25) is 14.4 Å². The van der Waals surface area contributed by atoms with Gasteiger partial charge >= 0.3 is 5.97 Å². The molecule has 1 aliphatic carbocycles. The third-order valence-corrected chi connectivity index (χ3v) is 11.3. The quantitative estimate of drug-likeness (QED) is 0.0405. The summed E-state index contributed by atoms with van der Waals surface area (Å²) < 4.78 is 11.2. The van der Waals surface area contributed by atoms with Gasteiger partial charge in [-0.2, -0.15) is 23.5 Å². The summed E-state index contributed by atoms with van der Waals surface area (Å²) in [7, 11) is 0. The Morgan fingerprint density at radius 2 is 1.23 bits per heavy atom. The van der Waals surface area contributed by atoms with Crippen LogP contribution in [0.1, 0.15) is 174 Å². The lowest BCUT2D eigenvalue weighted by Gasteiger charge is -2.22. The van der Waals surface area contributed by atoms with Crippen molar-refractivity contribution >= 4 is 41.7 Å². The van der Waals surface area contributed by atoms with Crippen LogP contribution in [0, 0.1) is 5.92 Å². The first-order valence-electron chi connectivity index (χ1n) is 18.5. The van der Waals surface area contributed by atoms with E-state index in [0.29, 0.717) is 31.5 Å². The second kappa shape index (κ2) is 30.9. The predicted molar refractivity (Wildman–Crippen MR) is 191 cm³/mol. The molecule has 0 aromatic rings. The molecule has 5 nitrogen and oxygen atoms in total. The number of carbonyl (C=O) groups excluding carboxylic acids is 3. The highest BCUT2D eigenvalue weighted by molar-refractivity contribution is 7.99. The van der Waals surface area contributed by atoms with E-state index in [1.54, 1.807) is 0 Å². The maximum atomic E-state index is 12.6. The number of esters is 1. The summed E-state index contributed by atoms with van der Waals surface area (Å²) in [5.74, 6) is 5.08. The molecule has 0 aromatic carbocycles. The van der Waals surface area contributed by atoms with E-state index < -0.39 is 0 Å². The minimum Gasteiger partial charge on any atom is -0.464 e. The van der Waals surface area contributed by atoms with Crippen molar-refractivity contribution in [2.24, 2.45) is 5.92 Å². The highest BCUT2D eigenvalue weighted by atomic mass is 32.2. The molecule has 0 N–H and O–H groups in total. The average molecular weight is 657 g/mol. The number of rotatable bonds is 32. The first kappa shape index (κ1) is 41.3. The Labute approximate surface area is 280 Å². The fourth-order valence-electron chi connectivity index (χ4n) is 6.05. The van der Waals surface area contributed by atoms with Crippen LogP contribution in [0.25, 0.3) is 0 Å². The Hall–Kier alpha value is -0.690. The number of hydrogen-bond acceptors (Lipinski definition) is 7. The number of thioether (sulfide) groups is 2. The van der Waals surface area contributed by atoms with Crippen LogP contribution >= 0.6 is 23.5 Å². The maximum absolute atomic E-state index is 12.6. The van der Waals surface area contributed by atoms with Gasteiger partial charge in [-0.25, -0.2) is 0 Å². The second-order valence-electron chi connectivity index (χ2n) is 13.0. The van der Waals surface area contributed by atoms with Crippen LogP contribution in [0.15, 0.2) is 0 Å². The molecule has 0 amide bonds. The van der Waals surface area contributed by atoms with Crippen LogP contribution in [0.2, 0.25) is 0 Å². The zero-order chi connectivity index (χ0) is 31.9. The molecule has 0 radical (unpaired) electrons. The molecule has 1 rings (SSSR count). The van der Waals surface area contributed by atoms with E-state index in [-0.39, 0.29) is 18.2 Å². The molecule has 0 heterocycles. The Morgan fingerprint density at radius 1 is 0.682 bits per heavy atom. The summed E-state index contributed by atoms with van der Waals surface area (Å²) >= 11 is 3.79. The van der Waals surface area contributed by atoms with Crippen LogP contribution < -0.4 is 0 Å². The Bertz CT molecular complexity index is 683. The van der Waals surface area contributed by atoms with Gasteiger partial charge in [0.2, 0.25) is 0 Å². The van der Waals surface area contributed by atoms with E-state index in [1.807, 2.05) is 23.5 Å². The Kier molecular flexibility index (Phi) is 29.1. The van der Waals surface area contributed by atoms with Crippen molar-refractivity contribution in [1.29, 1.82) is 0 Å². The molecule has 1 fully saturated rings. The molecule has 258 valence electrons. The minimum absolute atomic E-state index is 0.0138. The van der Waals surface area contributed by atoms with Crippen molar-refractivity contribution in [3.63, 3.8) is 0 Å². The van der Waals surface area contributed by atoms with Crippen LogP contribution in [0.3, 0.4) is 0 Å². The monoisotopic (exact) mass is 656 g/mol. The van der Waals surface area contributed by atoms with E-state index in [0.717, 1.165) is 99.6 Å². The number of Topliss-reactive ketones (excluding diaryl/α,β-unsaturated/α-hetero) is 1. The predicted octanol–water partition coefficient (Wildman–Crippen LogP) is 10.9. The topological polar surface area (TPSA) is 69.7 Å².